The van der Waals surface area contributed by atoms with Gasteiger partial charge in [0.1, 0.15) is 11.4 Å². The van der Waals surface area contributed by atoms with Gasteiger partial charge in [-0.05, 0) is 52.1 Å². The van der Waals surface area contributed by atoms with Gasteiger partial charge in [0, 0.05) is 18.1 Å². The minimum absolute atomic E-state index is 0.0597. The summed E-state index contributed by atoms with van der Waals surface area (Å²) in [6.07, 6.45) is -4.25. The minimum atomic E-state index is -4.65. The van der Waals surface area contributed by atoms with Gasteiger partial charge in [0.2, 0.25) is 0 Å². The van der Waals surface area contributed by atoms with Gasteiger partial charge in [0.05, 0.1) is 23.0 Å². The van der Waals surface area contributed by atoms with Gasteiger partial charge in [-0.1, -0.05) is 11.6 Å². The largest absolute Gasteiger partial charge is 0.444 e. The quantitative estimate of drug-likeness (QED) is 0.670. The van der Waals surface area contributed by atoms with Gasteiger partial charge >= 0.3 is 12.3 Å². The number of rotatable bonds is 3. The van der Waals surface area contributed by atoms with E-state index in [1.807, 2.05) is 0 Å². The highest BCUT2D eigenvalue weighted by molar-refractivity contribution is 6.30. The van der Waals surface area contributed by atoms with Crippen molar-refractivity contribution in [2.75, 3.05) is 20.1 Å². The fraction of sp³-hybridized carbons (Fsp3) is 0.474. The number of amides is 1. The van der Waals surface area contributed by atoms with Crippen LogP contribution in [0.15, 0.2) is 35.1 Å². The topological polar surface area (TPSA) is 53.9 Å². The molecule has 2 rings (SSSR count). The van der Waals surface area contributed by atoms with Crippen LogP contribution in [0.25, 0.3) is 0 Å². The molecule has 1 atom stereocenters. The second kappa shape index (κ2) is 8.71. The molecule has 5 nitrogen and oxygen atoms in total. The van der Waals surface area contributed by atoms with Crippen LogP contribution in [0.5, 0.6) is 0 Å². The molecule has 0 saturated carbocycles. The normalized spacial score (nSPS) is 19.8. The van der Waals surface area contributed by atoms with Crippen molar-refractivity contribution in [3.8, 4) is 0 Å². The fourth-order valence-corrected chi connectivity index (χ4v) is 2.85. The van der Waals surface area contributed by atoms with Crippen LogP contribution < -0.4 is 5.32 Å². The molecule has 0 saturated heterocycles. The summed E-state index contributed by atoms with van der Waals surface area (Å²) in [6, 6.07) is 2.42. The summed E-state index contributed by atoms with van der Waals surface area (Å²) in [5, 5.41) is 2.41. The van der Waals surface area contributed by atoms with E-state index in [0.29, 0.717) is 0 Å². The average molecular weight is 436 g/mol. The maximum Gasteiger partial charge on any atom is 0.418 e. The first-order chi connectivity index (χ1) is 13.3. The Morgan fingerprint density at radius 1 is 1.34 bits per heavy atom. The van der Waals surface area contributed by atoms with E-state index in [0.717, 1.165) is 18.2 Å². The van der Waals surface area contributed by atoms with Crippen molar-refractivity contribution in [3.63, 3.8) is 0 Å². The molecule has 0 fully saturated rings. The van der Waals surface area contributed by atoms with E-state index in [4.69, 9.17) is 16.3 Å². The molecule has 1 unspecified atom stereocenters. The summed E-state index contributed by atoms with van der Waals surface area (Å²) in [7, 11) is 1.58. The molecule has 1 N–H and O–H groups in total. The Morgan fingerprint density at radius 3 is 2.55 bits per heavy atom. The summed E-state index contributed by atoms with van der Waals surface area (Å²) in [5.74, 6) is -0.629. The number of alkyl carbamates (subject to hydrolysis) is 1. The Balaban J connectivity index is 2.19. The highest BCUT2D eigenvalue weighted by Gasteiger charge is 2.34. The van der Waals surface area contributed by atoms with Crippen LogP contribution in [-0.4, -0.2) is 48.5 Å². The summed E-state index contributed by atoms with van der Waals surface area (Å²) < 4.78 is 59.3. The number of hydrogen-bond donors (Lipinski definition) is 1. The maximum atomic E-state index is 14.5. The van der Waals surface area contributed by atoms with Crippen LogP contribution in [0, 0.1) is 0 Å². The number of carbonyl (C=O) groups excluding carboxylic acids is 1. The van der Waals surface area contributed by atoms with Crippen molar-refractivity contribution in [3.05, 3.63) is 40.7 Å². The molecule has 1 aliphatic rings. The summed E-state index contributed by atoms with van der Waals surface area (Å²) in [6.45, 7) is 5.14. The molecular formula is C19H22ClF4N3O2. The second-order valence-corrected chi connectivity index (χ2v) is 8.04. The van der Waals surface area contributed by atoms with E-state index in [1.54, 1.807) is 27.8 Å². The van der Waals surface area contributed by atoms with Crippen LogP contribution in [-0.2, 0) is 10.9 Å². The number of likely N-dealkylation sites (N-methyl/N-ethyl adjacent to an activating group) is 1. The van der Waals surface area contributed by atoms with Crippen LogP contribution >= 0.6 is 11.6 Å². The van der Waals surface area contributed by atoms with Crippen molar-refractivity contribution in [2.45, 2.75) is 38.6 Å². The Bertz CT molecular complexity index is 832. The number of carbonyl (C=O) groups is 1. The first kappa shape index (κ1) is 23.2. The van der Waals surface area contributed by atoms with E-state index in [2.05, 4.69) is 10.3 Å². The van der Waals surface area contributed by atoms with Crippen molar-refractivity contribution >= 4 is 29.1 Å². The molecule has 0 spiro atoms. The van der Waals surface area contributed by atoms with Crippen molar-refractivity contribution < 1.29 is 27.1 Å². The second-order valence-electron chi connectivity index (χ2n) is 7.61. The predicted molar refractivity (Wildman–Crippen MR) is 103 cm³/mol. The third-order valence-corrected chi connectivity index (χ3v) is 4.17. The molecule has 0 aromatic heterocycles. The van der Waals surface area contributed by atoms with Gasteiger partial charge in [0.25, 0.3) is 0 Å². The monoisotopic (exact) mass is 435 g/mol. The average Bonchev–Trinajstić information content (AvgIpc) is 2.53. The Hall–Kier alpha value is -2.13. The van der Waals surface area contributed by atoms with E-state index < -0.39 is 35.3 Å². The summed E-state index contributed by atoms with van der Waals surface area (Å²) >= 11 is 5.66. The van der Waals surface area contributed by atoms with Crippen LogP contribution in [0.4, 0.5) is 28.0 Å². The molecule has 1 heterocycles. The molecule has 0 radical (unpaired) electrons. The third kappa shape index (κ3) is 6.71. The first-order valence-corrected chi connectivity index (χ1v) is 9.12. The van der Waals surface area contributed by atoms with Crippen LogP contribution in [0.2, 0.25) is 5.02 Å². The SMILES string of the molecule is CN1CC(=Nc2ccc(Cl)cc2C(F)(F)F)C=C(F)C1CNC(=O)OC(C)(C)C. The van der Waals surface area contributed by atoms with Crippen molar-refractivity contribution in [1.29, 1.82) is 0 Å². The van der Waals surface area contributed by atoms with Gasteiger partial charge in [-0.15, -0.1) is 0 Å². The number of ether oxygens (including phenoxy) is 1. The van der Waals surface area contributed by atoms with E-state index in [1.165, 1.54) is 11.0 Å². The molecule has 0 aliphatic carbocycles. The van der Waals surface area contributed by atoms with E-state index >= 15 is 0 Å². The van der Waals surface area contributed by atoms with Gasteiger partial charge < -0.3 is 10.1 Å². The highest BCUT2D eigenvalue weighted by atomic mass is 35.5. The Labute approximate surface area is 171 Å². The Morgan fingerprint density at radius 2 is 2.00 bits per heavy atom. The zero-order valence-corrected chi connectivity index (χ0v) is 17.2. The van der Waals surface area contributed by atoms with Crippen LogP contribution in [0.1, 0.15) is 26.3 Å². The Kier molecular flexibility index (Phi) is 6.95. The first-order valence-electron chi connectivity index (χ1n) is 8.75. The summed E-state index contributed by atoms with van der Waals surface area (Å²) in [4.78, 5) is 17.3. The molecule has 1 aromatic carbocycles. The summed E-state index contributed by atoms with van der Waals surface area (Å²) in [5.41, 5.74) is -1.92. The number of halogens is 5. The number of alkyl halides is 3. The molecule has 10 heteroatoms. The zero-order chi connectivity index (χ0) is 22.0. The zero-order valence-electron chi connectivity index (χ0n) is 16.4. The number of nitrogens with zero attached hydrogens (tertiary/aromatic N) is 2. The standard InChI is InChI=1S/C19H22ClF4N3O2/c1-18(2,3)29-17(28)25-9-16-14(21)8-12(10-27(16)4)26-15-6-5-11(20)7-13(15)19(22,23)24/h5-8,16H,9-10H2,1-4H3,(H,25,28). The molecule has 1 aliphatic heterocycles. The fourth-order valence-electron chi connectivity index (χ4n) is 2.68. The van der Waals surface area contributed by atoms with Gasteiger partial charge in [-0.3, -0.25) is 9.89 Å². The smallest absolute Gasteiger partial charge is 0.418 e. The lowest BCUT2D eigenvalue weighted by Gasteiger charge is -2.31. The maximum absolute atomic E-state index is 14.5. The van der Waals surface area contributed by atoms with Gasteiger partial charge in [-0.25, -0.2) is 9.18 Å². The molecule has 1 amide bonds. The minimum Gasteiger partial charge on any atom is -0.444 e. The lowest BCUT2D eigenvalue weighted by Crippen LogP contribution is -2.47. The highest BCUT2D eigenvalue weighted by Crippen LogP contribution is 2.38. The number of nitrogens with one attached hydrogen (secondary N) is 1. The molecule has 1 aromatic rings. The number of hydrogen-bond acceptors (Lipinski definition) is 4. The lowest BCUT2D eigenvalue weighted by molar-refractivity contribution is -0.137. The molecule has 0 bridgehead atoms. The van der Waals surface area contributed by atoms with Crippen molar-refractivity contribution in [2.24, 2.45) is 4.99 Å². The molecular weight excluding hydrogens is 414 g/mol. The van der Waals surface area contributed by atoms with Gasteiger partial charge in [-0.2, -0.15) is 13.2 Å². The van der Waals surface area contributed by atoms with Crippen molar-refractivity contribution in [1.82, 2.24) is 10.2 Å². The molecule has 29 heavy (non-hydrogen) atoms. The third-order valence-electron chi connectivity index (χ3n) is 3.93. The number of aliphatic imine (C=N–C) groups is 1. The lowest BCUT2D eigenvalue weighted by atomic mass is 10.1. The number of benzene rings is 1. The molecule has 160 valence electrons. The van der Waals surface area contributed by atoms with E-state index in [-0.39, 0.29) is 29.5 Å². The van der Waals surface area contributed by atoms with E-state index in [9.17, 15) is 22.4 Å². The van der Waals surface area contributed by atoms with Crippen LogP contribution in [0.3, 0.4) is 0 Å². The van der Waals surface area contributed by atoms with Gasteiger partial charge in [0.15, 0.2) is 0 Å². The predicted octanol–water partition coefficient (Wildman–Crippen LogP) is 5.12.